The molecule has 0 radical (unpaired) electrons. The van der Waals surface area contributed by atoms with E-state index in [-0.39, 0.29) is 18.9 Å². The van der Waals surface area contributed by atoms with Crippen molar-refractivity contribution < 1.29 is 23.9 Å². The summed E-state index contributed by atoms with van der Waals surface area (Å²) in [5, 5.41) is 0. The molecule has 0 saturated carbocycles. The largest absolute Gasteiger partial charge is 0.456 e. The van der Waals surface area contributed by atoms with E-state index < -0.39 is 23.7 Å². The van der Waals surface area contributed by atoms with E-state index in [4.69, 9.17) is 9.47 Å². The third-order valence-corrected chi connectivity index (χ3v) is 6.16. The van der Waals surface area contributed by atoms with Crippen LogP contribution < -0.4 is 0 Å². The fraction of sp³-hybridized carbons (Fsp3) is 0.346. The average molecular weight is 512 g/mol. The maximum atomic E-state index is 12.8. The zero-order chi connectivity index (χ0) is 23.9. The summed E-state index contributed by atoms with van der Waals surface area (Å²) in [6.45, 7) is 9.01. The van der Waals surface area contributed by atoms with Crippen LogP contribution >= 0.6 is 15.9 Å². The SMILES string of the molecule is C=C1C[C@@H](C(=O)OCC(=O)c2ccc3c(c2)Cc2cc(Br)ccc2-3)N(C(=O)OC(C)(C)C)C1. The number of fused-ring (bicyclic) bond motifs is 3. The number of halogens is 1. The first-order valence-electron chi connectivity index (χ1n) is 10.8. The van der Waals surface area contributed by atoms with Crippen LogP contribution in [0.2, 0.25) is 0 Å². The highest BCUT2D eigenvalue weighted by Crippen LogP contribution is 2.38. The summed E-state index contributed by atoms with van der Waals surface area (Å²) >= 11 is 3.50. The van der Waals surface area contributed by atoms with Gasteiger partial charge in [0, 0.05) is 23.0 Å². The number of hydrogen-bond donors (Lipinski definition) is 0. The molecule has 1 aliphatic heterocycles. The number of carbonyl (C=O) groups excluding carboxylic acids is 3. The Balaban J connectivity index is 1.40. The van der Waals surface area contributed by atoms with E-state index in [2.05, 4.69) is 34.6 Å². The van der Waals surface area contributed by atoms with E-state index in [0.717, 1.165) is 27.6 Å². The van der Waals surface area contributed by atoms with Gasteiger partial charge >= 0.3 is 12.1 Å². The zero-order valence-corrected chi connectivity index (χ0v) is 20.5. The van der Waals surface area contributed by atoms with Crippen molar-refractivity contribution in [2.24, 2.45) is 0 Å². The summed E-state index contributed by atoms with van der Waals surface area (Å²) < 4.78 is 11.7. The van der Waals surface area contributed by atoms with Crippen LogP contribution in [0, 0.1) is 0 Å². The molecule has 0 spiro atoms. The van der Waals surface area contributed by atoms with Gasteiger partial charge < -0.3 is 9.47 Å². The molecule has 2 aromatic carbocycles. The van der Waals surface area contributed by atoms with Crippen molar-refractivity contribution in [1.82, 2.24) is 4.90 Å². The minimum Gasteiger partial charge on any atom is -0.456 e. The molecule has 172 valence electrons. The summed E-state index contributed by atoms with van der Waals surface area (Å²) in [6, 6.07) is 10.9. The summed E-state index contributed by atoms with van der Waals surface area (Å²) in [7, 11) is 0. The third kappa shape index (κ3) is 5.03. The smallest absolute Gasteiger partial charge is 0.411 e. The van der Waals surface area contributed by atoms with Crippen molar-refractivity contribution in [3.8, 4) is 11.1 Å². The number of nitrogens with zero attached hydrogens (tertiary/aromatic N) is 1. The summed E-state index contributed by atoms with van der Waals surface area (Å²) in [5.41, 5.74) is 5.11. The van der Waals surface area contributed by atoms with E-state index in [9.17, 15) is 14.4 Å². The molecule has 1 fully saturated rings. The lowest BCUT2D eigenvalue weighted by atomic mass is 10.0. The number of hydrogen-bond acceptors (Lipinski definition) is 5. The Bertz CT molecular complexity index is 1160. The lowest BCUT2D eigenvalue weighted by Crippen LogP contribution is -2.44. The van der Waals surface area contributed by atoms with Crippen LogP contribution in [0.1, 0.15) is 48.7 Å². The maximum absolute atomic E-state index is 12.8. The first kappa shape index (κ1) is 23.2. The Morgan fingerprint density at radius 2 is 1.76 bits per heavy atom. The second kappa shape index (κ2) is 8.78. The zero-order valence-electron chi connectivity index (χ0n) is 18.9. The topological polar surface area (TPSA) is 72.9 Å². The summed E-state index contributed by atoms with van der Waals surface area (Å²) in [5.74, 6) is -0.921. The van der Waals surface area contributed by atoms with Crippen molar-refractivity contribution in [2.45, 2.75) is 45.3 Å². The van der Waals surface area contributed by atoms with Crippen LogP contribution in [-0.2, 0) is 20.7 Å². The van der Waals surface area contributed by atoms with Gasteiger partial charge in [0.25, 0.3) is 0 Å². The number of esters is 1. The first-order chi connectivity index (χ1) is 15.5. The number of carbonyl (C=O) groups is 3. The molecule has 1 heterocycles. The standard InChI is InChI=1S/C26H26BrNO5/c1-15-9-22(28(13-15)25(31)33-26(2,3)4)24(30)32-14-23(29)16-5-7-20-17(10-16)11-18-12-19(27)6-8-21(18)20/h5-8,10,12,22H,1,9,11,13-14H2,2-4H3/t22-/m0/s1. The van der Waals surface area contributed by atoms with Gasteiger partial charge in [-0.2, -0.15) is 0 Å². The fourth-order valence-electron chi connectivity index (χ4n) is 4.19. The Morgan fingerprint density at radius 1 is 1.09 bits per heavy atom. The highest BCUT2D eigenvalue weighted by Gasteiger charge is 2.39. The highest BCUT2D eigenvalue weighted by molar-refractivity contribution is 9.10. The Kier molecular flexibility index (Phi) is 6.18. The van der Waals surface area contributed by atoms with Gasteiger partial charge in [0.2, 0.25) is 0 Å². The summed E-state index contributed by atoms with van der Waals surface area (Å²) in [6.07, 6.45) is 0.443. The van der Waals surface area contributed by atoms with Crippen LogP contribution in [0.25, 0.3) is 11.1 Å². The molecule has 4 rings (SSSR count). The Labute approximate surface area is 201 Å². The van der Waals surface area contributed by atoms with Gasteiger partial charge in [-0.05, 0) is 67.6 Å². The number of benzene rings is 2. The highest BCUT2D eigenvalue weighted by atomic mass is 79.9. The average Bonchev–Trinajstić information content (AvgIpc) is 3.29. The molecule has 0 aromatic heterocycles. The van der Waals surface area contributed by atoms with Gasteiger partial charge in [0.15, 0.2) is 12.4 Å². The maximum Gasteiger partial charge on any atom is 0.411 e. The molecule has 2 aliphatic rings. The molecule has 6 nitrogen and oxygen atoms in total. The molecule has 0 bridgehead atoms. The van der Waals surface area contributed by atoms with E-state index in [1.54, 1.807) is 26.8 Å². The number of likely N-dealkylation sites (tertiary alicyclic amines) is 1. The quantitative estimate of drug-likeness (QED) is 0.269. The van der Waals surface area contributed by atoms with Crippen LogP contribution in [0.15, 0.2) is 53.0 Å². The Morgan fingerprint density at radius 3 is 2.45 bits per heavy atom. The first-order valence-corrected chi connectivity index (χ1v) is 11.6. The van der Waals surface area contributed by atoms with E-state index in [0.29, 0.717) is 12.0 Å². The number of ketones is 1. The van der Waals surface area contributed by atoms with Crippen molar-refractivity contribution in [1.29, 1.82) is 0 Å². The van der Waals surface area contributed by atoms with Gasteiger partial charge in [-0.1, -0.05) is 46.3 Å². The molecular weight excluding hydrogens is 486 g/mol. The predicted octanol–water partition coefficient (Wildman–Crippen LogP) is 5.31. The molecule has 1 aliphatic carbocycles. The summed E-state index contributed by atoms with van der Waals surface area (Å²) in [4.78, 5) is 39.3. The van der Waals surface area contributed by atoms with Gasteiger partial charge in [-0.25, -0.2) is 9.59 Å². The molecule has 7 heteroatoms. The predicted molar refractivity (Wildman–Crippen MR) is 128 cm³/mol. The molecular formula is C26H26BrNO5. The Hall–Kier alpha value is -2.93. The van der Waals surface area contributed by atoms with Crippen molar-refractivity contribution in [3.05, 3.63) is 69.7 Å². The monoisotopic (exact) mass is 511 g/mol. The van der Waals surface area contributed by atoms with Gasteiger partial charge in [-0.15, -0.1) is 0 Å². The van der Waals surface area contributed by atoms with E-state index in [1.807, 2.05) is 18.2 Å². The van der Waals surface area contributed by atoms with Crippen LogP contribution in [0.4, 0.5) is 4.79 Å². The van der Waals surface area contributed by atoms with E-state index >= 15 is 0 Å². The lowest BCUT2D eigenvalue weighted by Gasteiger charge is -2.27. The molecule has 33 heavy (non-hydrogen) atoms. The molecule has 1 amide bonds. The van der Waals surface area contributed by atoms with Gasteiger partial charge in [-0.3, -0.25) is 9.69 Å². The second-order valence-electron chi connectivity index (χ2n) is 9.46. The lowest BCUT2D eigenvalue weighted by molar-refractivity contribution is -0.147. The second-order valence-corrected chi connectivity index (χ2v) is 10.4. The molecule has 1 atom stereocenters. The molecule has 1 saturated heterocycles. The number of ether oxygens (including phenoxy) is 2. The van der Waals surface area contributed by atoms with Crippen LogP contribution in [0.3, 0.4) is 0 Å². The minimum absolute atomic E-state index is 0.226. The molecule has 0 unspecified atom stereocenters. The number of rotatable bonds is 4. The number of amides is 1. The molecule has 0 N–H and O–H groups in total. The fourth-order valence-corrected chi connectivity index (χ4v) is 4.60. The molecule has 2 aromatic rings. The normalized spacial score (nSPS) is 16.9. The van der Waals surface area contributed by atoms with Crippen LogP contribution in [0.5, 0.6) is 0 Å². The van der Waals surface area contributed by atoms with Gasteiger partial charge in [0.05, 0.1) is 0 Å². The van der Waals surface area contributed by atoms with Crippen molar-refractivity contribution in [3.63, 3.8) is 0 Å². The van der Waals surface area contributed by atoms with Crippen molar-refractivity contribution >= 4 is 33.8 Å². The van der Waals surface area contributed by atoms with Gasteiger partial charge in [0.1, 0.15) is 11.6 Å². The van der Waals surface area contributed by atoms with E-state index in [1.165, 1.54) is 16.0 Å². The minimum atomic E-state index is -0.840. The van der Waals surface area contributed by atoms with Crippen molar-refractivity contribution in [2.75, 3.05) is 13.2 Å². The number of Topliss-reactive ketones (excluding diaryl/α,β-unsaturated/α-hetero) is 1. The van der Waals surface area contributed by atoms with Crippen LogP contribution in [-0.4, -0.2) is 47.5 Å². The third-order valence-electron chi connectivity index (χ3n) is 5.66.